The summed E-state index contributed by atoms with van der Waals surface area (Å²) in [4.78, 5) is 10.8. The smallest absolute Gasteiger partial charge is 0.341 e. The number of anilines is 1. The number of hydrogen-bond acceptors (Lipinski definition) is 5. The number of aromatic nitrogens is 2. The van der Waals surface area contributed by atoms with E-state index >= 15 is 0 Å². The van der Waals surface area contributed by atoms with Crippen LogP contribution in [0.3, 0.4) is 0 Å². The molecular weight excluding hydrogens is 418 g/mol. The summed E-state index contributed by atoms with van der Waals surface area (Å²) < 4.78 is 34.3. The van der Waals surface area contributed by atoms with E-state index in [1.807, 2.05) is 0 Å². The van der Waals surface area contributed by atoms with Crippen molar-refractivity contribution in [2.24, 2.45) is 7.05 Å². The molecule has 0 saturated heterocycles. The minimum absolute atomic E-state index is 0.0263. The molecule has 8 nitrogen and oxygen atoms in total. The van der Waals surface area contributed by atoms with Crippen molar-refractivity contribution in [1.29, 1.82) is 0 Å². The van der Waals surface area contributed by atoms with Gasteiger partial charge in [0.25, 0.3) is 10.0 Å². The third kappa shape index (κ3) is 5.07. The van der Waals surface area contributed by atoms with E-state index in [2.05, 4.69) is 5.10 Å². The van der Waals surface area contributed by atoms with Crippen LogP contribution in [0.2, 0.25) is 5.02 Å². The van der Waals surface area contributed by atoms with E-state index in [0.29, 0.717) is 16.3 Å². The molecule has 3 rings (SSSR count). The van der Waals surface area contributed by atoms with E-state index in [4.69, 9.17) is 21.4 Å². The van der Waals surface area contributed by atoms with Gasteiger partial charge in [-0.25, -0.2) is 4.79 Å². The Kier molecular flexibility index (Phi) is 6.09. The largest absolute Gasteiger partial charge is 0.482 e. The van der Waals surface area contributed by atoms with Crippen molar-refractivity contribution < 1.29 is 23.1 Å². The Balaban J connectivity index is 2.02. The molecule has 0 spiro atoms. The molecule has 2 aromatic carbocycles. The number of ether oxygens (including phenoxy) is 1. The third-order valence-electron chi connectivity index (χ3n) is 3.95. The monoisotopic (exact) mass is 435 g/mol. The summed E-state index contributed by atoms with van der Waals surface area (Å²) in [7, 11) is -2.37. The summed E-state index contributed by atoms with van der Waals surface area (Å²) in [6, 6.07) is 14.4. The van der Waals surface area contributed by atoms with Crippen molar-refractivity contribution in [1.82, 2.24) is 9.78 Å². The molecule has 0 aliphatic carbocycles. The third-order valence-corrected chi connectivity index (χ3v) is 5.87. The molecule has 0 aliphatic heterocycles. The summed E-state index contributed by atoms with van der Waals surface area (Å²) in [5.41, 5.74) is 1.03. The maximum absolute atomic E-state index is 13.3. The van der Waals surface area contributed by atoms with Gasteiger partial charge in [0, 0.05) is 24.3 Å². The molecule has 1 aromatic heterocycles. The van der Waals surface area contributed by atoms with Gasteiger partial charge in [-0.05, 0) is 35.9 Å². The van der Waals surface area contributed by atoms with Gasteiger partial charge in [-0.3, -0.25) is 8.99 Å². The minimum Gasteiger partial charge on any atom is -0.482 e. The highest BCUT2D eigenvalue weighted by Crippen LogP contribution is 2.28. The molecule has 29 heavy (non-hydrogen) atoms. The molecule has 0 bridgehead atoms. The lowest BCUT2D eigenvalue weighted by atomic mass is 10.2. The summed E-state index contributed by atoms with van der Waals surface area (Å²) in [6.07, 6.45) is 1.54. The van der Waals surface area contributed by atoms with Gasteiger partial charge in [-0.2, -0.15) is 13.5 Å². The van der Waals surface area contributed by atoms with Crippen LogP contribution in [0.4, 0.5) is 5.69 Å². The lowest BCUT2D eigenvalue weighted by Gasteiger charge is -2.24. The zero-order chi connectivity index (χ0) is 21.0. The first-order valence-corrected chi connectivity index (χ1v) is 10.3. The van der Waals surface area contributed by atoms with Crippen molar-refractivity contribution in [2.45, 2.75) is 11.6 Å². The van der Waals surface area contributed by atoms with E-state index in [9.17, 15) is 13.2 Å². The van der Waals surface area contributed by atoms with Gasteiger partial charge in [0.1, 0.15) is 5.75 Å². The molecule has 0 saturated carbocycles. The van der Waals surface area contributed by atoms with E-state index in [-0.39, 0.29) is 17.3 Å². The van der Waals surface area contributed by atoms with Crippen molar-refractivity contribution in [2.75, 3.05) is 10.9 Å². The second kappa shape index (κ2) is 8.54. The van der Waals surface area contributed by atoms with Crippen LogP contribution in [0.1, 0.15) is 5.56 Å². The SMILES string of the molecule is Cn1ccc(S(=O)(=O)N(Cc2ccc(Cl)cc2)c2cccc(OCC(=O)O)c2)n1. The van der Waals surface area contributed by atoms with Crippen molar-refractivity contribution in [3.63, 3.8) is 0 Å². The number of aryl methyl sites for hydroxylation is 1. The predicted octanol–water partition coefficient (Wildman–Crippen LogP) is 2.93. The molecule has 1 heterocycles. The second-order valence-electron chi connectivity index (χ2n) is 6.15. The Morgan fingerprint density at radius 1 is 1.21 bits per heavy atom. The Morgan fingerprint density at radius 3 is 2.55 bits per heavy atom. The Bertz CT molecular complexity index is 1110. The van der Waals surface area contributed by atoms with Crippen LogP contribution in [0.15, 0.2) is 65.8 Å². The number of halogens is 1. The normalized spacial score (nSPS) is 11.2. The van der Waals surface area contributed by atoms with Gasteiger partial charge in [0.15, 0.2) is 11.6 Å². The molecule has 1 N–H and O–H groups in total. The van der Waals surface area contributed by atoms with Crippen LogP contribution in [0.25, 0.3) is 0 Å². The van der Waals surface area contributed by atoms with Crippen molar-refractivity contribution in [3.8, 4) is 5.75 Å². The first-order valence-electron chi connectivity index (χ1n) is 8.47. The highest BCUT2D eigenvalue weighted by molar-refractivity contribution is 7.92. The zero-order valence-corrected chi connectivity index (χ0v) is 17.0. The fourth-order valence-corrected chi connectivity index (χ4v) is 4.12. The number of hydrogen-bond donors (Lipinski definition) is 1. The number of aliphatic carboxylic acids is 1. The Morgan fingerprint density at radius 2 is 1.93 bits per heavy atom. The van der Waals surface area contributed by atoms with E-state index < -0.39 is 22.6 Å². The average Bonchev–Trinajstić information content (AvgIpc) is 3.13. The molecule has 0 aliphatic rings. The van der Waals surface area contributed by atoms with Gasteiger partial charge >= 0.3 is 5.97 Å². The highest BCUT2D eigenvalue weighted by atomic mass is 35.5. The number of sulfonamides is 1. The summed E-state index contributed by atoms with van der Waals surface area (Å²) in [5, 5.41) is 13.3. The predicted molar refractivity (Wildman–Crippen MR) is 108 cm³/mol. The Hall–Kier alpha value is -3.04. The molecule has 3 aromatic rings. The molecule has 0 unspecified atom stereocenters. The fraction of sp³-hybridized carbons (Fsp3) is 0.158. The van der Waals surface area contributed by atoms with Crippen LogP contribution in [0, 0.1) is 0 Å². The second-order valence-corrected chi connectivity index (χ2v) is 8.39. The molecule has 152 valence electrons. The first-order chi connectivity index (χ1) is 13.8. The van der Waals surface area contributed by atoms with E-state index in [1.165, 1.54) is 21.1 Å². The van der Waals surface area contributed by atoms with Crippen LogP contribution in [-0.2, 0) is 28.4 Å². The number of carboxylic acid groups (broad SMARTS) is 1. The molecule has 10 heteroatoms. The topological polar surface area (TPSA) is 102 Å². The Labute approximate surface area is 173 Å². The van der Waals surface area contributed by atoms with E-state index in [0.717, 1.165) is 0 Å². The number of nitrogens with zero attached hydrogens (tertiary/aromatic N) is 3. The van der Waals surface area contributed by atoms with Crippen LogP contribution >= 0.6 is 11.6 Å². The lowest BCUT2D eigenvalue weighted by molar-refractivity contribution is -0.139. The number of rotatable bonds is 8. The maximum atomic E-state index is 13.3. The van der Waals surface area contributed by atoms with Crippen LogP contribution in [-0.4, -0.2) is 35.9 Å². The van der Waals surface area contributed by atoms with Gasteiger partial charge in [0.05, 0.1) is 12.2 Å². The average molecular weight is 436 g/mol. The van der Waals surface area contributed by atoms with E-state index in [1.54, 1.807) is 55.7 Å². The lowest BCUT2D eigenvalue weighted by Crippen LogP contribution is -2.31. The highest BCUT2D eigenvalue weighted by Gasteiger charge is 2.28. The molecule has 0 amide bonds. The van der Waals surface area contributed by atoms with Gasteiger partial charge in [-0.1, -0.05) is 29.8 Å². The summed E-state index contributed by atoms with van der Waals surface area (Å²) in [6.45, 7) is -0.508. The van der Waals surface area contributed by atoms with Crippen molar-refractivity contribution >= 4 is 33.3 Å². The van der Waals surface area contributed by atoms with Gasteiger partial charge in [-0.15, -0.1) is 0 Å². The quantitative estimate of drug-likeness (QED) is 0.583. The minimum atomic E-state index is -3.99. The van der Waals surface area contributed by atoms with Crippen molar-refractivity contribution in [3.05, 3.63) is 71.4 Å². The van der Waals surface area contributed by atoms with Gasteiger partial charge in [0.2, 0.25) is 0 Å². The zero-order valence-electron chi connectivity index (χ0n) is 15.4. The van der Waals surface area contributed by atoms with Crippen LogP contribution < -0.4 is 9.04 Å². The number of carboxylic acids is 1. The summed E-state index contributed by atoms with van der Waals surface area (Å²) >= 11 is 5.93. The number of benzene rings is 2. The first kappa shape index (κ1) is 20.7. The van der Waals surface area contributed by atoms with Gasteiger partial charge < -0.3 is 9.84 Å². The standard InChI is InChI=1S/C19H18ClN3O5S/c1-22-10-9-18(21-22)29(26,27)23(12-14-5-7-15(20)8-6-14)16-3-2-4-17(11-16)28-13-19(24)25/h2-11H,12-13H2,1H3,(H,24,25). The summed E-state index contributed by atoms with van der Waals surface area (Å²) in [5.74, 6) is -0.892. The molecule has 0 atom stereocenters. The fourth-order valence-electron chi connectivity index (χ4n) is 2.59. The number of carbonyl (C=O) groups is 1. The molecular formula is C19H18ClN3O5S. The van der Waals surface area contributed by atoms with Crippen LogP contribution in [0.5, 0.6) is 5.75 Å². The molecule has 0 radical (unpaired) electrons. The molecule has 0 fully saturated rings. The maximum Gasteiger partial charge on any atom is 0.341 e.